The van der Waals surface area contributed by atoms with E-state index in [0.717, 1.165) is 27.4 Å². The predicted octanol–water partition coefficient (Wildman–Crippen LogP) is 4.89. The summed E-state index contributed by atoms with van der Waals surface area (Å²) in [6.45, 7) is 0. The van der Waals surface area contributed by atoms with E-state index in [1.807, 2.05) is 48.7 Å². The molecule has 0 aliphatic heterocycles. The first kappa shape index (κ1) is 14.5. The zero-order valence-corrected chi connectivity index (χ0v) is 13.6. The third-order valence-corrected chi connectivity index (χ3v) is 4.37. The lowest BCUT2D eigenvalue weighted by atomic mass is 9.97. The van der Waals surface area contributed by atoms with Gasteiger partial charge in [-0.05, 0) is 47.9 Å². The fourth-order valence-electron chi connectivity index (χ4n) is 2.48. The molecule has 0 aliphatic carbocycles. The smallest absolute Gasteiger partial charge is 0.0704 e. The number of nitrogens with zero attached hydrogens (tertiary/aromatic N) is 1. The van der Waals surface area contributed by atoms with Gasteiger partial charge < -0.3 is 5.73 Å². The van der Waals surface area contributed by atoms with Crippen molar-refractivity contribution in [2.75, 3.05) is 0 Å². The Balaban J connectivity index is 1.96. The minimum Gasteiger partial charge on any atom is -0.324 e. The highest BCUT2D eigenvalue weighted by atomic mass is 79.9. The largest absolute Gasteiger partial charge is 0.324 e. The molecule has 0 spiro atoms. The van der Waals surface area contributed by atoms with E-state index >= 15 is 0 Å². The molecule has 2 aromatic carbocycles. The number of benzene rings is 2. The number of hydrogen-bond acceptors (Lipinski definition) is 2. The van der Waals surface area contributed by atoms with Crippen LogP contribution in [0.15, 0.2) is 59.2 Å². The van der Waals surface area contributed by atoms with Gasteiger partial charge in [0.05, 0.1) is 5.52 Å². The SMILES string of the molecule is NC(Cc1ccnc2ccccc12)c1cc(Br)ccc1Cl. The van der Waals surface area contributed by atoms with Crippen LogP contribution in [0.4, 0.5) is 0 Å². The summed E-state index contributed by atoms with van der Waals surface area (Å²) < 4.78 is 0.983. The molecule has 1 aromatic heterocycles. The van der Waals surface area contributed by atoms with Crippen LogP contribution < -0.4 is 5.73 Å². The second-order valence-electron chi connectivity index (χ2n) is 4.96. The molecule has 3 aromatic rings. The summed E-state index contributed by atoms with van der Waals surface area (Å²) in [4.78, 5) is 4.38. The standard InChI is InChI=1S/C17H14BrClN2/c18-12-5-6-15(19)14(10-12)16(20)9-11-7-8-21-17-4-2-1-3-13(11)17/h1-8,10,16H,9,20H2. The van der Waals surface area contributed by atoms with Crippen LogP contribution in [0, 0.1) is 0 Å². The summed E-state index contributed by atoms with van der Waals surface area (Å²) in [7, 11) is 0. The van der Waals surface area contributed by atoms with E-state index in [1.54, 1.807) is 0 Å². The normalized spacial score (nSPS) is 12.5. The van der Waals surface area contributed by atoms with Crippen LogP contribution in [0.5, 0.6) is 0 Å². The number of para-hydroxylation sites is 1. The Morgan fingerprint density at radius 1 is 1.14 bits per heavy atom. The molecule has 106 valence electrons. The molecule has 2 N–H and O–H groups in total. The molecule has 0 bridgehead atoms. The summed E-state index contributed by atoms with van der Waals surface area (Å²) >= 11 is 9.73. The monoisotopic (exact) mass is 360 g/mol. The van der Waals surface area contributed by atoms with Crippen molar-refractivity contribution in [2.45, 2.75) is 12.5 Å². The highest BCUT2D eigenvalue weighted by molar-refractivity contribution is 9.10. The zero-order chi connectivity index (χ0) is 14.8. The van der Waals surface area contributed by atoms with Crippen LogP contribution in [0.3, 0.4) is 0 Å². The topological polar surface area (TPSA) is 38.9 Å². The molecule has 1 unspecified atom stereocenters. The Kier molecular flexibility index (Phi) is 4.24. The molecule has 1 heterocycles. The number of pyridine rings is 1. The quantitative estimate of drug-likeness (QED) is 0.721. The first-order valence-corrected chi connectivity index (χ1v) is 7.85. The predicted molar refractivity (Wildman–Crippen MR) is 91.5 cm³/mol. The number of fused-ring (bicyclic) bond motifs is 1. The summed E-state index contributed by atoms with van der Waals surface area (Å²) in [5, 5.41) is 1.84. The number of halogens is 2. The van der Waals surface area contributed by atoms with Crippen molar-refractivity contribution in [1.29, 1.82) is 0 Å². The average molecular weight is 362 g/mol. The van der Waals surface area contributed by atoms with E-state index in [2.05, 4.69) is 27.0 Å². The highest BCUT2D eigenvalue weighted by Gasteiger charge is 2.13. The summed E-state index contributed by atoms with van der Waals surface area (Å²) in [5.74, 6) is 0. The zero-order valence-electron chi connectivity index (χ0n) is 11.3. The maximum atomic E-state index is 6.36. The van der Waals surface area contributed by atoms with Crippen molar-refractivity contribution in [2.24, 2.45) is 5.73 Å². The maximum absolute atomic E-state index is 6.36. The number of aromatic nitrogens is 1. The van der Waals surface area contributed by atoms with E-state index < -0.39 is 0 Å². The number of nitrogens with two attached hydrogens (primary N) is 1. The van der Waals surface area contributed by atoms with Gasteiger partial charge in [0.1, 0.15) is 0 Å². The lowest BCUT2D eigenvalue weighted by Crippen LogP contribution is -2.14. The molecule has 2 nitrogen and oxygen atoms in total. The van der Waals surface area contributed by atoms with Gasteiger partial charge in [-0.3, -0.25) is 4.98 Å². The van der Waals surface area contributed by atoms with E-state index in [9.17, 15) is 0 Å². The van der Waals surface area contributed by atoms with Crippen LogP contribution in [-0.2, 0) is 6.42 Å². The third kappa shape index (κ3) is 3.10. The highest BCUT2D eigenvalue weighted by Crippen LogP contribution is 2.28. The molecule has 21 heavy (non-hydrogen) atoms. The van der Waals surface area contributed by atoms with Crippen LogP contribution in [-0.4, -0.2) is 4.98 Å². The van der Waals surface area contributed by atoms with Crippen molar-refractivity contribution in [1.82, 2.24) is 4.98 Å². The van der Waals surface area contributed by atoms with Crippen LogP contribution in [0.2, 0.25) is 5.02 Å². The minimum absolute atomic E-state index is 0.152. The van der Waals surface area contributed by atoms with Gasteiger partial charge in [-0.2, -0.15) is 0 Å². The van der Waals surface area contributed by atoms with Gasteiger partial charge in [-0.15, -0.1) is 0 Å². The van der Waals surface area contributed by atoms with Crippen molar-refractivity contribution < 1.29 is 0 Å². The molecule has 0 aliphatic rings. The molecular formula is C17H14BrClN2. The van der Waals surface area contributed by atoms with Gasteiger partial charge in [0.2, 0.25) is 0 Å². The van der Waals surface area contributed by atoms with Gasteiger partial charge in [0.25, 0.3) is 0 Å². The van der Waals surface area contributed by atoms with E-state index in [4.69, 9.17) is 17.3 Å². The number of hydrogen-bond donors (Lipinski definition) is 1. The first-order chi connectivity index (χ1) is 10.1. The van der Waals surface area contributed by atoms with Crippen molar-refractivity contribution >= 4 is 38.4 Å². The van der Waals surface area contributed by atoms with E-state index in [0.29, 0.717) is 5.02 Å². The first-order valence-electron chi connectivity index (χ1n) is 6.68. The Hall–Kier alpha value is -1.42. The number of rotatable bonds is 3. The summed E-state index contributed by atoms with van der Waals surface area (Å²) in [6, 6.07) is 15.7. The maximum Gasteiger partial charge on any atom is 0.0704 e. The molecular weight excluding hydrogens is 348 g/mol. The van der Waals surface area contributed by atoms with Gasteiger partial charge in [0, 0.05) is 27.1 Å². The molecule has 0 saturated carbocycles. The molecule has 1 atom stereocenters. The van der Waals surface area contributed by atoms with Crippen molar-refractivity contribution in [3.8, 4) is 0 Å². The lowest BCUT2D eigenvalue weighted by Gasteiger charge is -2.15. The average Bonchev–Trinajstić information content (AvgIpc) is 2.50. The molecule has 4 heteroatoms. The van der Waals surface area contributed by atoms with Crippen molar-refractivity contribution in [3.63, 3.8) is 0 Å². The Morgan fingerprint density at radius 3 is 2.81 bits per heavy atom. The molecule has 0 saturated heterocycles. The Morgan fingerprint density at radius 2 is 1.95 bits per heavy atom. The second-order valence-corrected chi connectivity index (χ2v) is 6.29. The van der Waals surface area contributed by atoms with Crippen LogP contribution >= 0.6 is 27.5 Å². The minimum atomic E-state index is -0.152. The van der Waals surface area contributed by atoms with E-state index in [1.165, 1.54) is 5.56 Å². The van der Waals surface area contributed by atoms with Gasteiger partial charge in [-0.1, -0.05) is 45.7 Å². The van der Waals surface area contributed by atoms with Crippen LogP contribution in [0.25, 0.3) is 10.9 Å². The molecule has 0 radical (unpaired) electrons. The molecule has 0 fully saturated rings. The van der Waals surface area contributed by atoms with Crippen LogP contribution in [0.1, 0.15) is 17.2 Å². The second kappa shape index (κ2) is 6.14. The summed E-state index contributed by atoms with van der Waals surface area (Å²) in [5.41, 5.74) is 9.49. The van der Waals surface area contributed by atoms with Gasteiger partial charge in [0.15, 0.2) is 0 Å². The molecule has 0 amide bonds. The molecule has 3 rings (SSSR count). The Bertz CT molecular complexity index is 783. The fourth-order valence-corrected chi connectivity index (χ4v) is 3.12. The van der Waals surface area contributed by atoms with E-state index in [-0.39, 0.29) is 6.04 Å². The summed E-state index contributed by atoms with van der Waals surface area (Å²) in [6.07, 6.45) is 2.55. The van der Waals surface area contributed by atoms with Gasteiger partial charge >= 0.3 is 0 Å². The van der Waals surface area contributed by atoms with Crippen molar-refractivity contribution in [3.05, 3.63) is 75.4 Å². The fraction of sp³-hybridized carbons (Fsp3) is 0.118. The third-order valence-electron chi connectivity index (χ3n) is 3.54. The van der Waals surface area contributed by atoms with Gasteiger partial charge in [-0.25, -0.2) is 0 Å². The Labute approximate surface area is 137 Å². The lowest BCUT2D eigenvalue weighted by molar-refractivity contribution is 0.725.